The molecular formula is C10H12FN. The monoisotopic (exact) mass is 165 g/mol. The molecule has 1 aromatic rings. The molecule has 0 saturated carbocycles. The summed E-state index contributed by atoms with van der Waals surface area (Å²) in [5, 5.41) is 0. The molecule has 2 N–H and O–H groups in total. The van der Waals surface area contributed by atoms with Gasteiger partial charge < -0.3 is 5.73 Å². The van der Waals surface area contributed by atoms with E-state index in [1.54, 1.807) is 13.0 Å². The SMILES string of the molecule is CC(=Cc1cccc(N)c1)CF. The average Bonchev–Trinajstić information content (AvgIpc) is 2.04. The predicted octanol–water partition coefficient (Wildman–Crippen LogP) is 2.64. The van der Waals surface area contributed by atoms with Gasteiger partial charge in [0.2, 0.25) is 0 Å². The first-order valence-corrected chi connectivity index (χ1v) is 3.81. The number of nitrogen functional groups attached to an aromatic ring is 1. The summed E-state index contributed by atoms with van der Waals surface area (Å²) in [5.41, 5.74) is 7.91. The molecule has 0 aliphatic heterocycles. The van der Waals surface area contributed by atoms with Gasteiger partial charge in [0.1, 0.15) is 6.67 Å². The molecule has 0 heterocycles. The van der Waals surface area contributed by atoms with Crippen LogP contribution in [0.3, 0.4) is 0 Å². The van der Waals surface area contributed by atoms with Gasteiger partial charge >= 0.3 is 0 Å². The van der Waals surface area contributed by atoms with Crippen molar-refractivity contribution in [2.75, 3.05) is 12.4 Å². The van der Waals surface area contributed by atoms with Crippen molar-refractivity contribution >= 4 is 11.8 Å². The number of benzene rings is 1. The lowest BCUT2D eigenvalue weighted by molar-refractivity contribution is 0.545. The first-order valence-electron chi connectivity index (χ1n) is 3.81. The molecule has 12 heavy (non-hydrogen) atoms. The van der Waals surface area contributed by atoms with E-state index in [4.69, 9.17) is 5.73 Å². The van der Waals surface area contributed by atoms with Gasteiger partial charge in [0.25, 0.3) is 0 Å². The Hall–Kier alpha value is -1.31. The van der Waals surface area contributed by atoms with Crippen molar-refractivity contribution < 1.29 is 4.39 Å². The van der Waals surface area contributed by atoms with Crippen LogP contribution in [0, 0.1) is 0 Å². The third-order valence-corrected chi connectivity index (χ3v) is 1.53. The summed E-state index contributed by atoms with van der Waals surface area (Å²) in [6.07, 6.45) is 1.79. The van der Waals surface area contributed by atoms with Crippen LogP contribution in [-0.2, 0) is 0 Å². The molecule has 0 aliphatic rings. The van der Waals surface area contributed by atoms with Crippen LogP contribution >= 0.6 is 0 Å². The largest absolute Gasteiger partial charge is 0.399 e. The zero-order valence-electron chi connectivity index (χ0n) is 7.05. The van der Waals surface area contributed by atoms with E-state index in [0.717, 1.165) is 5.56 Å². The Morgan fingerprint density at radius 3 is 2.92 bits per heavy atom. The molecule has 64 valence electrons. The average molecular weight is 165 g/mol. The van der Waals surface area contributed by atoms with Crippen molar-refractivity contribution in [3.05, 3.63) is 35.4 Å². The van der Waals surface area contributed by atoms with Gasteiger partial charge in [-0.3, -0.25) is 0 Å². The van der Waals surface area contributed by atoms with Crippen molar-refractivity contribution in [3.63, 3.8) is 0 Å². The molecule has 1 rings (SSSR count). The van der Waals surface area contributed by atoms with Gasteiger partial charge in [-0.1, -0.05) is 18.2 Å². The van der Waals surface area contributed by atoms with E-state index in [9.17, 15) is 4.39 Å². The summed E-state index contributed by atoms with van der Waals surface area (Å²) in [6, 6.07) is 7.38. The molecule has 0 atom stereocenters. The van der Waals surface area contributed by atoms with Crippen LogP contribution in [0.15, 0.2) is 29.8 Å². The summed E-state index contributed by atoms with van der Waals surface area (Å²) in [4.78, 5) is 0. The van der Waals surface area contributed by atoms with Crippen molar-refractivity contribution in [1.29, 1.82) is 0 Å². The number of rotatable bonds is 2. The highest BCUT2D eigenvalue weighted by atomic mass is 19.1. The van der Waals surface area contributed by atoms with Gasteiger partial charge in [-0.25, -0.2) is 4.39 Å². The molecule has 0 amide bonds. The maximum absolute atomic E-state index is 12.1. The van der Waals surface area contributed by atoms with Crippen LogP contribution in [0.4, 0.5) is 10.1 Å². The lowest BCUT2D eigenvalue weighted by atomic mass is 10.1. The van der Waals surface area contributed by atoms with E-state index in [-0.39, 0.29) is 0 Å². The smallest absolute Gasteiger partial charge is 0.111 e. The second kappa shape index (κ2) is 3.90. The first-order chi connectivity index (χ1) is 5.72. The molecule has 0 aromatic heterocycles. The van der Waals surface area contributed by atoms with E-state index in [0.29, 0.717) is 11.3 Å². The van der Waals surface area contributed by atoms with Crippen LogP contribution in [0.5, 0.6) is 0 Å². The Morgan fingerprint density at radius 2 is 2.33 bits per heavy atom. The number of anilines is 1. The Balaban J connectivity index is 2.89. The Labute approximate surface area is 71.7 Å². The molecule has 0 unspecified atom stereocenters. The minimum Gasteiger partial charge on any atom is -0.399 e. The van der Waals surface area contributed by atoms with Gasteiger partial charge in [0.05, 0.1) is 0 Å². The van der Waals surface area contributed by atoms with E-state index in [2.05, 4.69) is 0 Å². The third-order valence-electron chi connectivity index (χ3n) is 1.53. The summed E-state index contributed by atoms with van der Waals surface area (Å²) >= 11 is 0. The highest BCUT2D eigenvalue weighted by Crippen LogP contribution is 2.10. The molecule has 0 spiro atoms. The maximum Gasteiger partial charge on any atom is 0.111 e. The minimum absolute atomic E-state index is 0.408. The summed E-state index contributed by atoms with van der Waals surface area (Å²) in [6.45, 7) is 1.35. The van der Waals surface area contributed by atoms with Crippen LogP contribution in [-0.4, -0.2) is 6.67 Å². The predicted molar refractivity (Wildman–Crippen MR) is 50.5 cm³/mol. The van der Waals surface area contributed by atoms with Crippen molar-refractivity contribution in [2.45, 2.75) is 6.92 Å². The second-order valence-corrected chi connectivity index (χ2v) is 2.79. The minimum atomic E-state index is -0.408. The second-order valence-electron chi connectivity index (χ2n) is 2.79. The van der Waals surface area contributed by atoms with Gasteiger partial charge in [0, 0.05) is 5.69 Å². The standard InChI is InChI=1S/C10H12FN/c1-8(7-11)5-9-3-2-4-10(12)6-9/h2-6H,7,12H2,1H3. The number of hydrogen-bond donors (Lipinski definition) is 1. The molecule has 2 heteroatoms. The topological polar surface area (TPSA) is 26.0 Å². The van der Waals surface area contributed by atoms with E-state index in [1.807, 2.05) is 24.3 Å². The molecule has 0 fully saturated rings. The maximum atomic E-state index is 12.1. The number of halogens is 1. The van der Waals surface area contributed by atoms with Crippen LogP contribution < -0.4 is 5.73 Å². The molecule has 0 radical (unpaired) electrons. The summed E-state index contributed by atoms with van der Waals surface area (Å²) in [5.74, 6) is 0. The van der Waals surface area contributed by atoms with Crippen molar-refractivity contribution in [3.8, 4) is 0 Å². The van der Waals surface area contributed by atoms with Gasteiger partial charge in [-0.05, 0) is 30.2 Å². The lowest BCUT2D eigenvalue weighted by Gasteiger charge is -1.97. The Morgan fingerprint density at radius 1 is 1.58 bits per heavy atom. The van der Waals surface area contributed by atoms with E-state index in [1.165, 1.54) is 0 Å². The van der Waals surface area contributed by atoms with Gasteiger partial charge in [-0.2, -0.15) is 0 Å². The van der Waals surface area contributed by atoms with E-state index >= 15 is 0 Å². The summed E-state index contributed by atoms with van der Waals surface area (Å²) in [7, 11) is 0. The zero-order valence-corrected chi connectivity index (χ0v) is 7.05. The fraction of sp³-hybridized carbons (Fsp3) is 0.200. The summed E-state index contributed by atoms with van der Waals surface area (Å²) < 4.78 is 12.1. The molecule has 1 aromatic carbocycles. The zero-order chi connectivity index (χ0) is 8.97. The third kappa shape index (κ3) is 2.38. The van der Waals surface area contributed by atoms with Crippen LogP contribution in [0.25, 0.3) is 6.08 Å². The molecule has 0 aliphatic carbocycles. The first kappa shape index (κ1) is 8.78. The van der Waals surface area contributed by atoms with Crippen molar-refractivity contribution in [2.24, 2.45) is 0 Å². The molecule has 0 saturated heterocycles. The van der Waals surface area contributed by atoms with Gasteiger partial charge in [0.15, 0.2) is 0 Å². The van der Waals surface area contributed by atoms with Crippen LogP contribution in [0.2, 0.25) is 0 Å². The highest BCUT2D eigenvalue weighted by molar-refractivity contribution is 5.57. The lowest BCUT2D eigenvalue weighted by Crippen LogP contribution is -1.85. The number of alkyl halides is 1. The van der Waals surface area contributed by atoms with Crippen LogP contribution in [0.1, 0.15) is 12.5 Å². The van der Waals surface area contributed by atoms with E-state index < -0.39 is 6.67 Å². The molecule has 1 nitrogen and oxygen atoms in total. The number of nitrogens with two attached hydrogens (primary N) is 1. The number of hydrogen-bond acceptors (Lipinski definition) is 1. The quantitative estimate of drug-likeness (QED) is 0.670. The normalized spacial score (nSPS) is 11.7. The molecular weight excluding hydrogens is 153 g/mol. The molecule has 0 bridgehead atoms. The van der Waals surface area contributed by atoms with Gasteiger partial charge in [-0.15, -0.1) is 0 Å². The number of allylic oxidation sites excluding steroid dienone is 1. The fourth-order valence-corrected chi connectivity index (χ4v) is 0.972. The Kier molecular flexibility index (Phi) is 2.86. The fourth-order valence-electron chi connectivity index (χ4n) is 0.972. The Bertz CT molecular complexity index is 292. The van der Waals surface area contributed by atoms with Crippen molar-refractivity contribution in [1.82, 2.24) is 0 Å². The highest BCUT2D eigenvalue weighted by Gasteiger charge is 1.90.